The van der Waals surface area contributed by atoms with Crippen LogP contribution in [0.15, 0.2) is 100 Å². The third-order valence-corrected chi connectivity index (χ3v) is 5.49. The van der Waals surface area contributed by atoms with Crippen LogP contribution in [-0.4, -0.2) is 25.1 Å². The number of carbonyl (C=O) groups is 1. The summed E-state index contributed by atoms with van der Waals surface area (Å²) in [7, 11) is 0. The second-order valence-corrected chi connectivity index (χ2v) is 8.18. The van der Waals surface area contributed by atoms with Gasteiger partial charge in [0.2, 0.25) is 0 Å². The number of fused-ring (bicyclic) bond motifs is 1. The Balaban J connectivity index is 1.46. The first-order valence-corrected chi connectivity index (χ1v) is 10.9. The maximum absolute atomic E-state index is 13.0. The average molecular weight is 501 g/mol. The molecule has 0 spiro atoms. The van der Waals surface area contributed by atoms with Crippen molar-refractivity contribution in [3.05, 3.63) is 117 Å². The molecule has 5 rings (SSSR count). The van der Waals surface area contributed by atoms with Gasteiger partial charge in [0.05, 0.1) is 17.1 Å². The highest BCUT2D eigenvalue weighted by molar-refractivity contribution is 9.10. The van der Waals surface area contributed by atoms with Crippen molar-refractivity contribution in [3.63, 3.8) is 0 Å². The molecule has 3 heterocycles. The van der Waals surface area contributed by atoms with E-state index < -0.39 is 5.97 Å². The summed E-state index contributed by atoms with van der Waals surface area (Å²) in [5.41, 5.74) is 3.13. The lowest BCUT2D eigenvalue weighted by molar-refractivity contribution is 0.0457. The van der Waals surface area contributed by atoms with E-state index in [1.807, 2.05) is 60.7 Å². The van der Waals surface area contributed by atoms with E-state index in [1.54, 1.807) is 29.1 Å². The average Bonchev–Trinajstić information content (AvgIpc) is 3.30. The van der Waals surface area contributed by atoms with Crippen LogP contribution in [0.25, 0.3) is 22.6 Å². The predicted octanol–water partition coefficient (Wildman–Crippen LogP) is 4.67. The number of pyridine rings is 1. The SMILES string of the molecule is O=C(OCc1cc(=O)n2cc(Br)ccc2n1)c1cc(-c2ccccc2)nn1-c1ccccc1. The Morgan fingerprint density at radius 2 is 1.67 bits per heavy atom. The summed E-state index contributed by atoms with van der Waals surface area (Å²) in [6.07, 6.45) is 1.64. The van der Waals surface area contributed by atoms with Gasteiger partial charge in [-0.25, -0.2) is 14.5 Å². The molecule has 0 fully saturated rings. The normalized spacial score (nSPS) is 10.9. The summed E-state index contributed by atoms with van der Waals surface area (Å²) in [5, 5.41) is 4.63. The van der Waals surface area contributed by atoms with Gasteiger partial charge in [-0.15, -0.1) is 0 Å². The van der Waals surface area contributed by atoms with Gasteiger partial charge in [-0.2, -0.15) is 5.10 Å². The van der Waals surface area contributed by atoms with Crippen LogP contribution in [0.1, 0.15) is 16.2 Å². The Hall–Kier alpha value is -4.04. The van der Waals surface area contributed by atoms with Gasteiger partial charge >= 0.3 is 5.97 Å². The number of hydrogen-bond acceptors (Lipinski definition) is 5. The second kappa shape index (κ2) is 8.84. The predicted molar refractivity (Wildman–Crippen MR) is 127 cm³/mol. The van der Waals surface area contributed by atoms with Crippen LogP contribution < -0.4 is 5.56 Å². The molecule has 0 aliphatic carbocycles. The lowest BCUT2D eigenvalue weighted by Gasteiger charge is -2.08. The van der Waals surface area contributed by atoms with E-state index in [1.165, 1.54) is 10.5 Å². The molecular formula is C25H17BrN4O3. The van der Waals surface area contributed by atoms with Gasteiger partial charge in [-0.1, -0.05) is 48.5 Å². The first kappa shape index (κ1) is 20.8. The number of esters is 1. The molecule has 0 amide bonds. The molecular weight excluding hydrogens is 484 g/mol. The topological polar surface area (TPSA) is 78.5 Å². The van der Waals surface area contributed by atoms with Crippen molar-refractivity contribution in [2.45, 2.75) is 6.61 Å². The van der Waals surface area contributed by atoms with Gasteiger partial charge in [0.15, 0.2) is 5.69 Å². The summed E-state index contributed by atoms with van der Waals surface area (Å²) in [6, 6.07) is 25.5. The quantitative estimate of drug-likeness (QED) is 0.327. The van der Waals surface area contributed by atoms with Crippen LogP contribution >= 0.6 is 15.9 Å². The second-order valence-electron chi connectivity index (χ2n) is 7.27. The fourth-order valence-corrected chi connectivity index (χ4v) is 3.79. The van der Waals surface area contributed by atoms with Crippen LogP contribution in [-0.2, 0) is 11.3 Å². The molecule has 33 heavy (non-hydrogen) atoms. The molecule has 7 nitrogen and oxygen atoms in total. The number of ether oxygens (including phenoxy) is 1. The number of benzene rings is 2. The minimum absolute atomic E-state index is 0.138. The largest absolute Gasteiger partial charge is 0.454 e. The fraction of sp³-hybridized carbons (Fsp3) is 0.0400. The molecule has 3 aromatic heterocycles. The molecule has 8 heteroatoms. The molecule has 0 bridgehead atoms. The number of halogens is 1. The standard InChI is InChI=1S/C25H17BrN4O3/c26-18-11-12-23-27-19(13-24(31)29(23)15-18)16-33-25(32)22-14-21(17-7-3-1-4-8-17)28-30(22)20-9-5-2-6-10-20/h1-15H,16H2. The van der Waals surface area contributed by atoms with Crippen molar-refractivity contribution in [3.8, 4) is 16.9 Å². The Kier molecular flexibility index (Phi) is 5.58. The van der Waals surface area contributed by atoms with Crippen molar-refractivity contribution in [1.82, 2.24) is 19.2 Å². The van der Waals surface area contributed by atoms with Gasteiger partial charge in [0.25, 0.3) is 5.56 Å². The Morgan fingerprint density at radius 1 is 0.939 bits per heavy atom. The molecule has 0 aliphatic heterocycles. The van der Waals surface area contributed by atoms with Crippen LogP contribution in [0, 0.1) is 0 Å². The number of hydrogen-bond donors (Lipinski definition) is 0. The lowest BCUT2D eigenvalue weighted by Crippen LogP contribution is -2.17. The summed E-state index contributed by atoms with van der Waals surface area (Å²) in [5.74, 6) is -0.564. The molecule has 2 aromatic carbocycles. The van der Waals surface area contributed by atoms with E-state index in [9.17, 15) is 9.59 Å². The van der Waals surface area contributed by atoms with E-state index in [-0.39, 0.29) is 17.9 Å². The molecule has 5 aromatic rings. The number of para-hydroxylation sites is 1. The minimum atomic E-state index is -0.564. The summed E-state index contributed by atoms with van der Waals surface area (Å²) < 4.78 is 9.28. The lowest BCUT2D eigenvalue weighted by atomic mass is 10.1. The van der Waals surface area contributed by atoms with Crippen LogP contribution in [0.4, 0.5) is 0 Å². The van der Waals surface area contributed by atoms with Crippen molar-refractivity contribution in [2.24, 2.45) is 0 Å². The van der Waals surface area contributed by atoms with Crippen molar-refractivity contribution < 1.29 is 9.53 Å². The van der Waals surface area contributed by atoms with Gasteiger partial charge in [0.1, 0.15) is 12.3 Å². The third kappa shape index (κ3) is 4.33. The fourth-order valence-electron chi connectivity index (χ4n) is 3.46. The first-order valence-electron chi connectivity index (χ1n) is 10.1. The molecule has 0 radical (unpaired) electrons. The van der Waals surface area contributed by atoms with Crippen molar-refractivity contribution in [1.29, 1.82) is 0 Å². The Bertz CT molecular complexity index is 1510. The summed E-state index contributed by atoms with van der Waals surface area (Å²) in [4.78, 5) is 29.9. The van der Waals surface area contributed by atoms with Gasteiger partial charge in [-0.05, 0) is 46.3 Å². The van der Waals surface area contributed by atoms with Crippen LogP contribution in [0.2, 0.25) is 0 Å². The maximum Gasteiger partial charge on any atom is 0.357 e. The van der Waals surface area contributed by atoms with E-state index in [0.717, 1.165) is 15.7 Å². The highest BCUT2D eigenvalue weighted by atomic mass is 79.9. The monoisotopic (exact) mass is 500 g/mol. The smallest absolute Gasteiger partial charge is 0.357 e. The number of rotatable bonds is 5. The molecule has 0 unspecified atom stereocenters. The summed E-state index contributed by atoms with van der Waals surface area (Å²) >= 11 is 3.34. The van der Waals surface area contributed by atoms with Gasteiger partial charge in [0, 0.05) is 22.3 Å². The van der Waals surface area contributed by atoms with E-state index >= 15 is 0 Å². The van der Waals surface area contributed by atoms with E-state index in [0.29, 0.717) is 17.0 Å². The minimum Gasteiger partial charge on any atom is -0.454 e. The number of aromatic nitrogens is 4. The molecule has 0 N–H and O–H groups in total. The van der Waals surface area contributed by atoms with Gasteiger partial charge < -0.3 is 4.74 Å². The first-order chi connectivity index (χ1) is 16.1. The van der Waals surface area contributed by atoms with Crippen LogP contribution in [0.3, 0.4) is 0 Å². The highest BCUT2D eigenvalue weighted by Crippen LogP contribution is 2.22. The molecule has 0 saturated heterocycles. The zero-order valence-electron chi connectivity index (χ0n) is 17.3. The highest BCUT2D eigenvalue weighted by Gasteiger charge is 2.19. The summed E-state index contributed by atoms with van der Waals surface area (Å²) in [6.45, 7) is -0.138. The zero-order chi connectivity index (χ0) is 22.8. The van der Waals surface area contributed by atoms with E-state index in [2.05, 4.69) is 26.0 Å². The molecule has 0 atom stereocenters. The molecule has 162 valence electrons. The molecule has 0 aliphatic rings. The van der Waals surface area contributed by atoms with E-state index in [4.69, 9.17) is 4.74 Å². The Morgan fingerprint density at radius 3 is 2.42 bits per heavy atom. The van der Waals surface area contributed by atoms with Crippen molar-refractivity contribution >= 4 is 27.5 Å². The number of nitrogens with zero attached hydrogens (tertiary/aromatic N) is 4. The maximum atomic E-state index is 13.0. The zero-order valence-corrected chi connectivity index (χ0v) is 18.8. The Labute approximate surface area is 197 Å². The van der Waals surface area contributed by atoms with Gasteiger partial charge in [-0.3, -0.25) is 9.20 Å². The van der Waals surface area contributed by atoms with Crippen molar-refractivity contribution in [2.75, 3.05) is 0 Å². The molecule has 0 saturated carbocycles. The number of carbonyl (C=O) groups excluding carboxylic acids is 1. The third-order valence-electron chi connectivity index (χ3n) is 5.02. The van der Waals surface area contributed by atoms with Crippen LogP contribution in [0.5, 0.6) is 0 Å².